The highest BCUT2D eigenvalue weighted by Gasteiger charge is 2.36. The molecular formula is C18H25NO5. The van der Waals surface area contributed by atoms with Crippen LogP contribution < -0.4 is 9.47 Å². The van der Waals surface area contributed by atoms with Gasteiger partial charge in [-0.3, -0.25) is 4.79 Å². The number of benzene rings is 1. The predicted molar refractivity (Wildman–Crippen MR) is 88.6 cm³/mol. The molecule has 0 spiro atoms. The molecular weight excluding hydrogens is 310 g/mol. The normalized spacial score (nSPS) is 23.2. The maximum absolute atomic E-state index is 12.9. The average Bonchev–Trinajstić information content (AvgIpc) is 2.65. The van der Waals surface area contributed by atoms with E-state index in [1.165, 1.54) is 0 Å². The highest BCUT2D eigenvalue weighted by atomic mass is 16.6. The molecule has 6 heteroatoms. The smallest absolute Gasteiger partial charge is 0.254 e. The molecule has 0 radical (unpaired) electrons. The number of aliphatic hydroxyl groups is 1. The Morgan fingerprint density at radius 2 is 2.12 bits per heavy atom. The summed E-state index contributed by atoms with van der Waals surface area (Å²) in [7, 11) is 1.66. The summed E-state index contributed by atoms with van der Waals surface area (Å²) in [4.78, 5) is 14.7. The standard InChI is InChI=1S/C18H25NO5/c1-22-8-6-18(13-20)5-2-7-19(12-18)17(21)14-3-4-15-16(11-14)24-10-9-23-15/h3-4,11,20H,2,5-10,12-13H2,1H3/t18-/m1/s1. The van der Waals surface area contributed by atoms with Gasteiger partial charge in [0.1, 0.15) is 13.2 Å². The number of carbonyl (C=O) groups is 1. The van der Waals surface area contributed by atoms with E-state index in [1.54, 1.807) is 25.3 Å². The van der Waals surface area contributed by atoms with Gasteiger partial charge in [0.15, 0.2) is 11.5 Å². The van der Waals surface area contributed by atoms with E-state index in [9.17, 15) is 9.90 Å². The van der Waals surface area contributed by atoms with Crippen LogP contribution >= 0.6 is 0 Å². The van der Waals surface area contributed by atoms with E-state index in [4.69, 9.17) is 14.2 Å². The van der Waals surface area contributed by atoms with Gasteiger partial charge >= 0.3 is 0 Å². The number of ether oxygens (including phenoxy) is 3. The molecule has 2 aliphatic heterocycles. The summed E-state index contributed by atoms with van der Waals surface area (Å²) in [5.74, 6) is 1.28. The monoisotopic (exact) mass is 335 g/mol. The van der Waals surface area contributed by atoms with Crippen LogP contribution in [0.25, 0.3) is 0 Å². The molecule has 1 N–H and O–H groups in total. The molecule has 2 heterocycles. The summed E-state index contributed by atoms with van der Waals surface area (Å²) in [6.07, 6.45) is 2.56. The maximum atomic E-state index is 12.9. The lowest BCUT2D eigenvalue weighted by Gasteiger charge is -2.42. The molecule has 2 aliphatic rings. The highest BCUT2D eigenvalue weighted by Crippen LogP contribution is 2.35. The maximum Gasteiger partial charge on any atom is 0.254 e. The summed E-state index contributed by atoms with van der Waals surface area (Å²) in [6, 6.07) is 5.32. The molecule has 1 amide bonds. The fraction of sp³-hybridized carbons (Fsp3) is 0.611. The van der Waals surface area contributed by atoms with Crippen molar-refractivity contribution in [2.24, 2.45) is 5.41 Å². The van der Waals surface area contributed by atoms with Crippen LogP contribution in [0.5, 0.6) is 11.5 Å². The Labute approximate surface area is 142 Å². The SMILES string of the molecule is COCC[C@]1(CO)CCCN(C(=O)c2ccc3c(c2)OCCO3)C1. The number of aliphatic hydroxyl groups excluding tert-OH is 1. The molecule has 3 rings (SSSR count). The zero-order valence-corrected chi connectivity index (χ0v) is 14.1. The summed E-state index contributed by atoms with van der Waals surface area (Å²) >= 11 is 0. The Hall–Kier alpha value is -1.79. The number of amides is 1. The van der Waals surface area contributed by atoms with Gasteiger partial charge < -0.3 is 24.2 Å². The highest BCUT2D eigenvalue weighted by molar-refractivity contribution is 5.95. The first-order chi connectivity index (χ1) is 11.7. The van der Waals surface area contributed by atoms with Crippen molar-refractivity contribution in [3.8, 4) is 11.5 Å². The molecule has 1 saturated heterocycles. The molecule has 1 atom stereocenters. The molecule has 0 saturated carbocycles. The number of nitrogens with zero attached hydrogens (tertiary/aromatic N) is 1. The predicted octanol–water partition coefficient (Wildman–Crippen LogP) is 1.71. The molecule has 0 aromatic heterocycles. The molecule has 0 aliphatic carbocycles. The number of hydrogen-bond acceptors (Lipinski definition) is 5. The van der Waals surface area contributed by atoms with E-state index in [-0.39, 0.29) is 17.9 Å². The van der Waals surface area contributed by atoms with Crippen LogP contribution in [0.15, 0.2) is 18.2 Å². The van der Waals surface area contributed by atoms with Crippen molar-refractivity contribution in [2.75, 3.05) is 46.6 Å². The summed E-state index contributed by atoms with van der Waals surface area (Å²) in [5.41, 5.74) is 0.331. The zero-order chi connectivity index (χ0) is 17.0. The van der Waals surface area contributed by atoms with Crippen LogP contribution in [0.4, 0.5) is 0 Å². The number of hydrogen-bond donors (Lipinski definition) is 1. The lowest BCUT2D eigenvalue weighted by Crippen LogP contribution is -2.48. The van der Waals surface area contributed by atoms with Gasteiger partial charge in [-0.15, -0.1) is 0 Å². The second-order valence-electron chi connectivity index (χ2n) is 6.59. The van der Waals surface area contributed by atoms with Crippen LogP contribution in [-0.2, 0) is 4.74 Å². The molecule has 1 fully saturated rings. The van der Waals surface area contributed by atoms with Crippen molar-refractivity contribution >= 4 is 5.91 Å². The van der Waals surface area contributed by atoms with Crippen molar-refractivity contribution in [3.05, 3.63) is 23.8 Å². The quantitative estimate of drug-likeness (QED) is 0.887. The largest absolute Gasteiger partial charge is 0.486 e. The van der Waals surface area contributed by atoms with Crippen molar-refractivity contribution in [3.63, 3.8) is 0 Å². The lowest BCUT2D eigenvalue weighted by molar-refractivity contribution is 0.00896. The fourth-order valence-corrected chi connectivity index (χ4v) is 3.47. The van der Waals surface area contributed by atoms with Crippen molar-refractivity contribution in [1.82, 2.24) is 4.90 Å². The number of methoxy groups -OCH3 is 1. The van der Waals surface area contributed by atoms with E-state index in [0.29, 0.717) is 50.0 Å². The zero-order valence-electron chi connectivity index (χ0n) is 14.1. The Kier molecular flexibility index (Phi) is 5.26. The van der Waals surface area contributed by atoms with Gasteiger partial charge in [-0.05, 0) is 37.5 Å². The van der Waals surface area contributed by atoms with Crippen LogP contribution in [-0.4, -0.2) is 62.5 Å². The van der Waals surface area contributed by atoms with Crippen LogP contribution in [0.1, 0.15) is 29.6 Å². The van der Waals surface area contributed by atoms with E-state index in [1.807, 2.05) is 4.90 Å². The van der Waals surface area contributed by atoms with Crippen molar-refractivity contribution < 1.29 is 24.1 Å². The molecule has 1 aromatic carbocycles. The lowest BCUT2D eigenvalue weighted by atomic mass is 9.78. The average molecular weight is 335 g/mol. The van der Waals surface area contributed by atoms with E-state index in [2.05, 4.69) is 0 Å². The molecule has 1 aromatic rings. The van der Waals surface area contributed by atoms with Crippen LogP contribution in [0.2, 0.25) is 0 Å². The Morgan fingerprint density at radius 1 is 1.33 bits per heavy atom. The number of carbonyl (C=O) groups excluding carboxylic acids is 1. The third-order valence-corrected chi connectivity index (χ3v) is 4.91. The Bertz CT molecular complexity index is 591. The summed E-state index contributed by atoms with van der Waals surface area (Å²) in [5, 5.41) is 9.87. The minimum atomic E-state index is -0.266. The first-order valence-corrected chi connectivity index (χ1v) is 8.46. The first kappa shape index (κ1) is 17.0. The minimum absolute atomic E-state index is 0.0260. The van der Waals surface area contributed by atoms with Gasteiger partial charge in [0.05, 0.1) is 6.61 Å². The first-order valence-electron chi connectivity index (χ1n) is 8.46. The number of piperidine rings is 1. The summed E-state index contributed by atoms with van der Waals surface area (Å²) in [6.45, 7) is 2.96. The Morgan fingerprint density at radius 3 is 2.88 bits per heavy atom. The van der Waals surface area contributed by atoms with Crippen LogP contribution in [0.3, 0.4) is 0 Å². The van der Waals surface area contributed by atoms with Gasteiger partial charge in [-0.1, -0.05) is 0 Å². The molecule has 0 unspecified atom stereocenters. The van der Waals surface area contributed by atoms with Gasteiger partial charge in [0, 0.05) is 37.8 Å². The fourth-order valence-electron chi connectivity index (χ4n) is 3.47. The second-order valence-corrected chi connectivity index (χ2v) is 6.59. The van der Waals surface area contributed by atoms with E-state index in [0.717, 1.165) is 19.3 Å². The molecule has 132 valence electrons. The van der Waals surface area contributed by atoms with Gasteiger partial charge in [0.25, 0.3) is 5.91 Å². The second kappa shape index (κ2) is 7.40. The van der Waals surface area contributed by atoms with Gasteiger partial charge in [0.2, 0.25) is 0 Å². The number of likely N-dealkylation sites (tertiary alicyclic amines) is 1. The van der Waals surface area contributed by atoms with Crippen molar-refractivity contribution in [1.29, 1.82) is 0 Å². The van der Waals surface area contributed by atoms with Crippen molar-refractivity contribution in [2.45, 2.75) is 19.3 Å². The number of fused-ring (bicyclic) bond motifs is 1. The minimum Gasteiger partial charge on any atom is -0.486 e. The van der Waals surface area contributed by atoms with Gasteiger partial charge in [-0.2, -0.15) is 0 Å². The molecule has 24 heavy (non-hydrogen) atoms. The van der Waals surface area contributed by atoms with Gasteiger partial charge in [-0.25, -0.2) is 0 Å². The number of rotatable bonds is 5. The Balaban J connectivity index is 1.74. The molecule has 0 bridgehead atoms. The summed E-state index contributed by atoms with van der Waals surface area (Å²) < 4.78 is 16.2. The third-order valence-electron chi connectivity index (χ3n) is 4.91. The third kappa shape index (κ3) is 3.49. The van der Waals surface area contributed by atoms with Crippen LogP contribution in [0, 0.1) is 5.41 Å². The molecule has 6 nitrogen and oxygen atoms in total. The van der Waals surface area contributed by atoms with E-state index >= 15 is 0 Å². The van der Waals surface area contributed by atoms with E-state index < -0.39 is 0 Å². The topological polar surface area (TPSA) is 68.2 Å².